The summed E-state index contributed by atoms with van der Waals surface area (Å²) in [6, 6.07) is 0.513. The van der Waals surface area contributed by atoms with Gasteiger partial charge in [-0.15, -0.1) is 4.52 Å². The standard InChI is InChI=1S/C23H35N5O6P/c24-21-20-22(26-13-25-21)27(14-28(20)19-3-1-2-4-19)12-23(7-8-23)32-10-17-5-6-18(9-17)11-33-35(30)34-16-31-15-29/h13,15,17-19H,1-12,14,16H2,(H2,24,25,26)/q+1. The molecule has 11 nitrogen and oxygen atoms in total. The molecule has 0 aromatic carbocycles. The lowest BCUT2D eigenvalue weighted by atomic mass is 10.1. The van der Waals surface area contributed by atoms with Crippen LogP contribution < -0.4 is 15.5 Å². The minimum Gasteiger partial charge on any atom is -0.436 e. The summed E-state index contributed by atoms with van der Waals surface area (Å²) < 4.78 is 32.6. The molecule has 0 amide bonds. The van der Waals surface area contributed by atoms with Gasteiger partial charge < -0.3 is 25.0 Å². The normalized spacial score (nSPS) is 25.7. The SMILES string of the molecule is Nc1ncnc2c1N(C1CCCC1)CN2CC1(OCC2CCC(CO[P+](=O)OCOC=O)C2)CC1. The van der Waals surface area contributed by atoms with Crippen LogP contribution in [0.15, 0.2) is 6.33 Å². The number of hydrogen-bond donors (Lipinski definition) is 1. The molecule has 1 aromatic heterocycles. The van der Waals surface area contributed by atoms with Crippen LogP contribution in [0.4, 0.5) is 17.3 Å². The van der Waals surface area contributed by atoms with E-state index in [1.165, 1.54) is 25.7 Å². The zero-order chi connectivity index (χ0) is 24.3. The Balaban J connectivity index is 1.10. The number of rotatable bonds is 13. The molecule has 3 atom stereocenters. The van der Waals surface area contributed by atoms with Crippen molar-refractivity contribution in [1.82, 2.24) is 9.97 Å². The smallest absolute Gasteiger partial charge is 0.436 e. The van der Waals surface area contributed by atoms with Crippen LogP contribution in [-0.4, -0.2) is 61.3 Å². The number of fused-ring (bicyclic) bond motifs is 1. The minimum absolute atomic E-state index is 0.118. The molecule has 3 unspecified atom stereocenters. The Labute approximate surface area is 206 Å². The maximum Gasteiger partial charge on any atom is 0.700 e. The molecule has 1 aliphatic heterocycles. The van der Waals surface area contributed by atoms with E-state index < -0.39 is 8.25 Å². The summed E-state index contributed by atoms with van der Waals surface area (Å²) in [6.45, 7) is 2.61. The average molecular weight is 509 g/mol. The second-order valence-electron chi connectivity index (χ2n) is 10.2. The van der Waals surface area contributed by atoms with Crippen molar-refractivity contribution in [3.8, 4) is 0 Å². The van der Waals surface area contributed by atoms with Crippen LogP contribution in [0.2, 0.25) is 0 Å². The number of carbonyl (C=O) groups excluding carboxylic acids is 1. The number of anilines is 3. The van der Waals surface area contributed by atoms with E-state index in [2.05, 4.69) is 24.5 Å². The van der Waals surface area contributed by atoms with Crippen molar-refractivity contribution < 1.29 is 27.9 Å². The van der Waals surface area contributed by atoms with Gasteiger partial charge in [0.1, 0.15) is 18.6 Å². The molecular weight excluding hydrogens is 473 g/mol. The summed E-state index contributed by atoms with van der Waals surface area (Å²) in [5.41, 5.74) is 7.17. The topological polar surface area (TPSA) is 129 Å². The molecular formula is C23H35N5O6P+. The maximum absolute atomic E-state index is 11.7. The lowest BCUT2D eigenvalue weighted by Crippen LogP contribution is -2.42. The number of nitrogens with two attached hydrogens (primary N) is 1. The molecule has 5 rings (SSSR count). The van der Waals surface area contributed by atoms with Gasteiger partial charge in [0.15, 0.2) is 11.6 Å². The van der Waals surface area contributed by atoms with Crippen LogP contribution in [-0.2, 0) is 27.9 Å². The third-order valence-electron chi connectivity index (χ3n) is 7.78. The van der Waals surface area contributed by atoms with Gasteiger partial charge >= 0.3 is 8.25 Å². The molecule has 4 aliphatic rings. The van der Waals surface area contributed by atoms with E-state index in [9.17, 15) is 9.36 Å². The Kier molecular flexibility index (Phi) is 7.67. The van der Waals surface area contributed by atoms with Gasteiger partial charge in [-0.3, -0.25) is 4.79 Å². The van der Waals surface area contributed by atoms with Crippen LogP contribution in [0.3, 0.4) is 0 Å². The van der Waals surface area contributed by atoms with Crippen LogP contribution in [0.1, 0.15) is 57.8 Å². The monoisotopic (exact) mass is 508 g/mol. The van der Waals surface area contributed by atoms with Crippen molar-refractivity contribution in [3.05, 3.63) is 6.33 Å². The van der Waals surface area contributed by atoms with E-state index in [0.29, 0.717) is 30.3 Å². The summed E-state index contributed by atoms with van der Waals surface area (Å²) >= 11 is 0. The molecule has 12 heteroatoms. The first kappa shape index (κ1) is 24.6. The average Bonchev–Trinajstić information content (AvgIpc) is 3.23. The molecule has 2 heterocycles. The van der Waals surface area contributed by atoms with Gasteiger partial charge in [-0.05, 0) is 56.8 Å². The highest BCUT2D eigenvalue weighted by Crippen LogP contribution is 2.47. The summed E-state index contributed by atoms with van der Waals surface area (Å²) in [4.78, 5) is 23.7. The largest absolute Gasteiger partial charge is 0.700 e. The number of nitrogen functional groups attached to an aromatic ring is 1. The summed E-state index contributed by atoms with van der Waals surface area (Å²) in [5.74, 6) is 2.31. The number of ether oxygens (including phenoxy) is 2. The van der Waals surface area contributed by atoms with E-state index in [0.717, 1.165) is 63.4 Å². The molecule has 3 aliphatic carbocycles. The lowest BCUT2D eigenvalue weighted by molar-refractivity contribution is -0.134. The molecule has 0 radical (unpaired) electrons. The van der Waals surface area contributed by atoms with Gasteiger partial charge in [-0.25, -0.2) is 9.97 Å². The molecule has 35 heavy (non-hydrogen) atoms. The fraction of sp³-hybridized carbons (Fsp3) is 0.783. The minimum atomic E-state index is -2.27. The highest BCUT2D eigenvalue weighted by Gasteiger charge is 2.48. The van der Waals surface area contributed by atoms with Gasteiger partial charge in [0, 0.05) is 10.6 Å². The van der Waals surface area contributed by atoms with Crippen LogP contribution in [0, 0.1) is 11.8 Å². The Hall–Kier alpha value is -2.07. The Bertz CT molecular complexity index is 912. The molecule has 2 N–H and O–H groups in total. The highest BCUT2D eigenvalue weighted by molar-refractivity contribution is 7.33. The number of carbonyl (C=O) groups is 1. The van der Waals surface area contributed by atoms with E-state index in [-0.39, 0.29) is 18.9 Å². The Morgan fingerprint density at radius 1 is 1.11 bits per heavy atom. The highest BCUT2D eigenvalue weighted by atomic mass is 31.1. The van der Waals surface area contributed by atoms with Crippen molar-refractivity contribution in [2.45, 2.75) is 69.4 Å². The fourth-order valence-corrected chi connectivity index (χ4v) is 6.32. The first-order valence-electron chi connectivity index (χ1n) is 12.6. The van der Waals surface area contributed by atoms with Crippen molar-refractivity contribution in [2.75, 3.05) is 48.8 Å². The molecule has 0 spiro atoms. The van der Waals surface area contributed by atoms with Crippen LogP contribution in [0.25, 0.3) is 0 Å². The Morgan fingerprint density at radius 2 is 1.89 bits per heavy atom. The second-order valence-corrected chi connectivity index (χ2v) is 11.2. The number of hydrogen-bond acceptors (Lipinski definition) is 11. The van der Waals surface area contributed by atoms with Gasteiger partial charge in [-0.2, -0.15) is 0 Å². The molecule has 0 bridgehead atoms. The quantitative estimate of drug-likeness (QED) is 0.182. The number of aromatic nitrogens is 2. The van der Waals surface area contributed by atoms with Gasteiger partial charge in [0.25, 0.3) is 6.47 Å². The van der Waals surface area contributed by atoms with E-state index in [4.69, 9.17) is 19.5 Å². The zero-order valence-corrected chi connectivity index (χ0v) is 20.9. The first-order chi connectivity index (χ1) is 17.1. The van der Waals surface area contributed by atoms with Crippen LogP contribution in [0.5, 0.6) is 0 Å². The van der Waals surface area contributed by atoms with Crippen LogP contribution >= 0.6 is 8.25 Å². The lowest BCUT2D eigenvalue weighted by Gasteiger charge is -2.29. The zero-order valence-electron chi connectivity index (χ0n) is 20.0. The molecule has 3 saturated carbocycles. The summed E-state index contributed by atoms with van der Waals surface area (Å²) in [7, 11) is -2.27. The van der Waals surface area contributed by atoms with Crippen molar-refractivity contribution >= 4 is 32.1 Å². The molecule has 192 valence electrons. The summed E-state index contributed by atoms with van der Waals surface area (Å²) in [6.07, 6.45) is 11.7. The predicted octanol–water partition coefficient (Wildman–Crippen LogP) is 3.37. The van der Waals surface area contributed by atoms with E-state index >= 15 is 0 Å². The van der Waals surface area contributed by atoms with Crippen molar-refractivity contribution in [3.63, 3.8) is 0 Å². The van der Waals surface area contributed by atoms with E-state index in [1.807, 2.05) is 0 Å². The Morgan fingerprint density at radius 3 is 2.63 bits per heavy atom. The third kappa shape index (κ3) is 5.85. The van der Waals surface area contributed by atoms with E-state index in [1.54, 1.807) is 6.33 Å². The second kappa shape index (κ2) is 10.9. The molecule has 3 fully saturated rings. The molecule has 1 aromatic rings. The fourth-order valence-electron chi connectivity index (χ4n) is 5.77. The van der Waals surface area contributed by atoms with Gasteiger partial charge in [-0.1, -0.05) is 17.4 Å². The predicted molar refractivity (Wildman–Crippen MR) is 129 cm³/mol. The van der Waals surface area contributed by atoms with Crippen molar-refractivity contribution in [2.24, 2.45) is 11.8 Å². The summed E-state index contributed by atoms with van der Waals surface area (Å²) in [5, 5.41) is 0. The first-order valence-corrected chi connectivity index (χ1v) is 13.7. The van der Waals surface area contributed by atoms with Crippen molar-refractivity contribution in [1.29, 1.82) is 0 Å². The third-order valence-corrected chi connectivity index (χ3v) is 8.45. The molecule has 0 saturated heterocycles. The maximum atomic E-state index is 11.7. The van der Waals surface area contributed by atoms with Gasteiger partial charge in [0.2, 0.25) is 6.79 Å². The number of nitrogens with zero attached hydrogens (tertiary/aromatic N) is 4. The van der Waals surface area contributed by atoms with Gasteiger partial charge in [0.05, 0.1) is 25.4 Å².